The number of carbonyl (C=O) groups excluding carboxylic acids is 1. The van der Waals surface area contributed by atoms with Gasteiger partial charge in [0.1, 0.15) is 12.3 Å². The predicted octanol–water partition coefficient (Wildman–Crippen LogP) is 1.91. The summed E-state index contributed by atoms with van der Waals surface area (Å²) >= 11 is 0. The average Bonchev–Trinajstić information content (AvgIpc) is 2.73. The topological polar surface area (TPSA) is 77.3 Å². The van der Waals surface area contributed by atoms with E-state index in [1.54, 1.807) is 6.92 Å². The zero-order chi connectivity index (χ0) is 13.0. The highest BCUT2D eigenvalue weighted by molar-refractivity contribution is 5.91. The number of amides is 1. The van der Waals surface area contributed by atoms with Crippen molar-refractivity contribution >= 4 is 11.7 Å². The molecule has 0 aromatic carbocycles. The summed E-state index contributed by atoms with van der Waals surface area (Å²) in [7, 11) is 0. The van der Waals surface area contributed by atoms with Crippen LogP contribution in [0.25, 0.3) is 0 Å². The first-order valence-electron chi connectivity index (χ1n) is 6.35. The predicted molar refractivity (Wildman–Crippen MR) is 65.0 cm³/mol. The van der Waals surface area contributed by atoms with Gasteiger partial charge in [-0.05, 0) is 30.8 Å². The molecule has 0 saturated heterocycles. The molecule has 2 rings (SSSR count). The summed E-state index contributed by atoms with van der Waals surface area (Å²) in [4.78, 5) is 11.6. The number of aryl methyl sites for hydroxylation is 1. The van der Waals surface area contributed by atoms with Crippen molar-refractivity contribution in [2.45, 2.75) is 45.6 Å². The Hall–Kier alpha value is -1.43. The highest BCUT2D eigenvalue weighted by Gasteiger charge is 2.20. The molecule has 1 saturated carbocycles. The summed E-state index contributed by atoms with van der Waals surface area (Å²) in [5.74, 6) is 0.835. The van der Waals surface area contributed by atoms with Gasteiger partial charge in [-0.2, -0.15) is 0 Å². The molecule has 1 N–H and O–H groups in total. The number of ether oxygens (including phenoxy) is 1. The Bertz CT molecular complexity index is 405. The highest BCUT2D eigenvalue weighted by Crippen LogP contribution is 2.25. The molecule has 0 aliphatic heterocycles. The van der Waals surface area contributed by atoms with E-state index in [2.05, 4.69) is 27.2 Å². The van der Waals surface area contributed by atoms with Gasteiger partial charge in [0.15, 0.2) is 5.82 Å². The van der Waals surface area contributed by atoms with E-state index in [1.807, 2.05) is 0 Å². The third kappa shape index (κ3) is 3.53. The lowest BCUT2D eigenvalue weighted by Gasteiger charge is -2.26. The van der Waals surface area contributed by atoms with E-state index in [-0.39, 0.29) is 18.6 Å². The number of carbonyl (C=O) groups is 1. The summed E-state index contributed by atoms with van der Waals surface area (Å²) in [6, 6.07) is 0. The zero-order valence-corrected chi connectivity index (χ0v) is 10.8. The molecular formula is C12H19N3O3. The van der Waals surface area contributed by atoms with Crippen LogP contribution in [0.3, 0.4) is 0 Å². The van der Waals surface area contributed by atoms with Gasteiger partial charge < -0.3 is 10.1 Å². The van der Waals surface area contributed by atoms with E-state index < -0.39 is 0 Å². The van der Waals surface area contributed by atoms with Crippen molar-refractivity contribution < 1.29 is 14.2 Å². The highest BCUT2D eigenvalue weighted by atomic mass is 16.6. The molecule has 18 heavy (non-hydrogen) atoms. The van der Waals surface area contributed by atoms with Crippen LogP contribution in [0.2, 0.25) is 0 Å². The van der Waals surface area contributed by atoms with Gasteiger partial charge in [0.05, 0.1) is 6.10 Å². The summed E-state index contributed by atoms with van der Waals surface area (Å²) in [5, 5.41) is 9.79. The Balaban J connectivity index is 1.73. The second-order valence-electron chi connectivity index (χ2n) is 4.95. The number of anilines is 1. The van der Waals surface area contributed by atoms with Crippen molar-refractivity contribution in [3.63, 3.8) is 0 Å². The van der Waals surface area contributed by atoms with Crippen molar-refractivity contribution in [1.29, 1.82) is 0 Å². The first-order valence-corrected chi connectivity index (χ1v) is 6.35. The zero-order valence-electron chi connectivity index (χ0n) is 10.8. The maximum atomic E-state index is 11.6. The minimum absolute atomic E-state index is 0.0592. The smallest absolute Gasteiger partial charge is 0.251 e. The first kappa shape index (κ1) is 13.0. The molecule has 0 radical (unpaired) electrons. The number of hydrogen-bond donors (Lipinski definition) is 1. The number of nitrogens with zero attached hydrogens (tertiary/aromatic N) is 2. The van der Waals surface area contributed by atoms with E-state index in [0.29, 0.717) is 17.4 Å². The number of nitrogens with one attached hydrogen (secondary N) is 1. The van der Waals surface area contributed by atoms with Crippen LogP contribution in [0, 0.1) is 12.8 Å². The Morgan fingerprint density at radius 1 is 1.50 bits per heavy atom. The van der Waals surface area contributed by atoms with Crippen LogP contribution >= 0.6 is 0 Å². The Kier molecular flexibility index (Phi) is 4.30. The fourth-order valence-corrected chi connectivity index (χ4v) is 2.24. The maximum absolute atomic E-state index is 11.6. The summed E-state index contributed by atoms with van der Waals surface area (Å²) in [5.41, 5.74) is 0.564. The molecule has 1 aliphatic rings. The first-order chi connectivity index (χ1) is 8.65. The molecule has 1 aromatic heterocycles. The van der Waals surface area contributed by atoms with Gasteiger partial charge in [-0.25, -0.2) is 4.63 Å². The van der Waals surface area contributed by atoms with E-state index in [1.165, 1.54) is 12.8 Å². The van der Waals surface area contributed by atoms with E-state index in [0.717, 1.165) is 12.8 Å². The van der Waals surface area contributed by atoms with Gasteiger partial charge in [0.2, 0.25) is 0 Å². The average molecular weight is 253 g/mol. The molecule has 6 heteroatoms. The largest absolute Gasteiger partial charge is 0.368 e. The monoisotopic (exact) mass is 253 g/mol. The van der Waals surface area contributed by atoms with Crippen molar-refractivity contribution in [3.8, 4) is 0 Å². The Labute approximate surface area is 106 Å². The molecule has 0 unspecified atom stereocenters. The number of aromatic nitrogens is 2. The van der Waals surface area contributed by atoms with E-state index in [9.17, 15) is 4.79 Å². The standard InChI is InChI=1S/C12H19N3O3/c1-8-4-3-5-10(6-8)17-7-11(16)13-12-9(2)14-18-15-12/h8,10H,3-7H2,1-2H3,(H,13,15,16)/t8-,10+/m1/s1. The van der Waals surface area contributed by atoms with Crippen molar-refractivity contribution in [1.82, 2.24) is 10.3 Å². The van der Waals surface area contributed by atoms with Gasteiger partial charge in [0.25, 0.3) is 5.91 Å². The molecule has 1 fully saturated rings. The third-order valence-electron chi connectivity index (χ3n) is 3.25. The van der Waals surface area contributed by atoms with Crippen LogP contribution in [0.4, 0.5) is 5.82 Å². The lowest BCUT2D eigenvalue weighted by Crippen LogP contribution is -2.27. The molecule has 100 valence electrons. The molecule has 6 nitrogen and oxygen atoms in total. The normalized spacial score (nSPS) is 23.9. The van der Waals surface area contributed by atoms with Crippen LogP contribution in [0.1, 0.15) is 38.3 Å². The van der Waals surface area contributed by atoms with Gasteiger partial charge >= 0.3 is 0 Å². The molecule has 1 amide bonds. The molecule has 0 bridgehead atoms. The Morgan fingerprint density at radius 2 is 2.33 bits per heavy atom. The van der Waals surface area contributed by atoms with Crippen LogP contribution in [-0.4, -0.2) is 28.9 Å². The lowest BCUT2D eigenvalue weighted by atomic mass is 9.89. The number of rotatable bonds is 4. The van der Waals surface area contributed by atoms with Crippen LogP contribution in [0.5, 0.6) is 0 Å². The molecule has 1 heterocycles. The fraction of sp³-hybridized carbons (Fsp3) is 0.750. The summed E-state index contributed by atoms with van der Waals surface area (Å²) in [6.45, 7) is 4.00. The second-order valence-corrected chi connectivity index (χ2v) is 4.95. The van der Waals surface area contributed by atoms with Crippen LogP contribution in [-0.2, 0) is 9.53 Å². The number of hydrogen-bond acceptors (Lipinski definition) is 5. The van der Waals surface area contributed by atoms with E-state index >= 15 is 0 Å². The van der Waals surface area contributed by atoms with Crippen LogP contribution < -0.4 is 5.32 Å². The maximum Gasteiger partial charge on any atom is 0.251 e. The molecule has 2 atom stereocenters. The summed E-state index contributed by atoms with van der Waals surface area (Å²) in [6.07, 6.45) is 4.73. The van der Waals surface area contributed by atoms with Gasteiger partial charge in [-0.1, -0.05) is 24.9 Å². The molecular weight excluding hydrogens is 234 g/mol. The summed E-state index contributed by atoms with van der Waals surface area (Å²) < 4.78 is 10.1. The molecule has 0 spiro atoms. The van der Waals surface area contributed by atoms with Gasteiger partial charge in [0, 0.05) is 0 Å². The third-order valence-corrected chi connectivity index (χ3v) is 3.25. The fourth-order valence-electron chi connectivity index (χ4n) is 2.24. The van der Waals surface area contributed by atoms with Crippen LogP contribution in [0.15, 0.2) is 4.63 Å². The second kappa shape index (κ2) is 5.95. The van der Waals surface area contributed by atoms with Crippen molar-refractivity contribution in [2.24, 2.45) is 5.92 Å². The van der Waals surface area contributed by atoms with Crippen molar-refractivity contribution in [2.75, 3.05) is 11.9 Å². The van der Waals surface area contributed by atoms with Crippen molar-refractivity contribution in [3.05, 3.63) is 5.69 Å². The molecule has 1 aromatic rings. The quantitative estimate of drug-likeness (QED) is 0.886. The minimum Gasteiger partial charge on any atom is -0.368 e. The minimum atomic E-state index is -0.216. The van der Waals surface area contributed by atoms with E-state index in [4.69, 9.17) is 4.74 Å². The molecule has 1 aliphatic carbocycles. The van der Waals surface area contributed by atoms with Gasteiger partial charge in [-0.15, -0.1) is 0 Å². The SMILES string of the molecule is Cc1nonc1NC(=O)CO[C@H]1CCC[C@@H](C)C1. The lowest BCUT2D eigenvalue weighted by molar-refractivity contribution is -0.123. The Morgan fingerprint density at radius 3 is 3.00 bits per heavy atom. The van der Waals surface area contributed by atoms with Gasteiger partial charge in [-0.3, -0.25) is 4.79 Å².